The van der Waals surface area contributed by atoms with Crippen molar-refractivity contribution in [3.05, 3.63) is 39.3 Å². The highest BCUT2D eigenvalue weighted by Crippen LogP contribution is 2.19. The number of aromatic nitrogens is 2. The third-order valence-corrected chi connectivity index (χ3v) is 3.75. The SMILES string of the molecule is Cc1cnn(CCNCc2cc(C)sc2C)c1. The minimum Gasteiger partial charge on any atom is -0.311 e. The van der Waals surface area contributed by atoms with Crippen LogP contribution in [-0.4, -0.2) is 16.3 Å². The first-order valence-electron chi connectivity index (χ1n) is 5.91. The predicted molar refractivity (Wildman–Crippen MR) is 72.5 cm³/mol. The lowest BCUT2D eigenvalue weighted by atomic mass is 10.2. The zero-order chi connectivity index (χ0) is 12.3. The lowest BCUT2D eigenvalue weighted by Crippen LogP contribution is -2.19. The Bertz CT molecular complexity index is 485. The quantitative estimate of drug-likeness (QED) is 0.826. The van der Waals surface area contributed by atoms with Crippen LogP contribution in [0.1, 0.15) is 20.9 Å². The third kappa shape index (κ3) is 3.41. The lowest BCUT2D eigenvalue weighted by molar-refractivity contribution is 0.554. The second-order valence-electron chi connectivity index (χ2n) is 4.40. The molecular weight excluding hydrogens is 230 g/mol. The zero-order valence-corrected chi connectivity index (χ0v) is 11.5. The minimum atomic E-state index is 0.927. The molecule has 2 rings (SSSR count). The molecule has 3 nitrogen and oxygen atoms in total. The number of aryl methyl sites for hydroxylation is 3. The fourth-order valence-corrected chi connectivity index (χ4v) is 2.81. The van der Waals surface area contributed by atoms with Crippen LogP contribution in [0.15, 0.2) is 18.5 Å². The van der Waals surface area contributed by atoms with Crippen LogP contribution >= 0.6 is 11.3 Å². The standard InChI is InChI=1S/C13H19N3S/c1-10-7-15-16(9-10)5-4-14-8-13-6-11(2)17-12(13)3/h6-7,9,14H,4-5,8H2,1-3H3. The number of rotatable bonds is 5. The van der Waals surface area contributed by atoms with Crippen LogP contribution in [0.2, 0.25) is 0 Å². The Morgan fingerprint density at radius 3 is 2.76 bits per heavy atom. The van der Waals surface area contributed by atoms with E-state index in [1.807, 2.05) is 22.2 Å². The van der Waals surface area contributed by atoms with Gasteiger partial charge in [-0.05, 0) is 38.0 Å². The van der Waals surface area contributed by atoms with Crippen LogP contribution in [0.4, 0.5) is 0 Å². The monoisotopic (exact) mass is 249 g/mol. The van der Waals surface area contributed by atoms with Crippen LogP contribution in [0.25, 0.3) is 0 Å². The van der Waals surface area contributed by atoms with Gasteiger partial charge in [0.05, 0.1) is 12.7 Å². The van der Waals surface area contributed by atoms with Crippen LogP contribution in [0.5, 0.6) is 0 Å². The molecule has 92 valence electrons. The van der Waals surface area contributed by atoms with E-state index in [0.29, 0.717) is 0 Å². The van der Waals surface area contributed by atoms with E-state index in [0.717, 1.165) is 19.6 Å². The van der Waals surface area contributed by atoms with Crippen LogP contribution in [0.3, 0.4) is 0 Å². The fourth-order valence-electron chi connectivity index (χ4n) is 1.86. The van der Waals surface area contributed by atoms with Crippen LogP contribution < -0.4 is 5.32 Å². The van der Waals surface area contributed by atoms with Crippen molar-refractivity contribution < 1.29 is 0 Å². The summed E-state index contributed by atoms with van der Waals surface area (Å²) >= 11 is 1.87. The van der Waals surface area contributed by atoms with Crippen LogP contribution in [0, 0.1) is 20.8 Å². The van der Waals surface area contributed by atoms with Crippen molar-refractivity contribution in [2.45, 2.75) is 33.9 Å². The molecule has 2 aromatic rings. The molecule has 0 saturated carbocycles. The molecule has 0 unspecified atom stereocenters. The molecule has 0 spiro atoms. The van der Waals surface area contributed by atoms with Gasteiger partial charge in [0.1, 0.15) is 0 Å². The molecule has 0 aromatic carbocycles. The molecule has 0 aliphatic heterocycles. The van der Waals surface area contributed by atoms with Crippen molar-refractivity contribution in [1.82, 2.24) is 15.1 Å². The highest BCUT2D eigenvalue weighted by Gasteiger charge is 2.01. The van der Waals surface area contributed by atoms with E-state index in [-0.39, 0.29) is 0 Å². The van der Waals surface area contributed by atoms with Gasteiger partial charge in [0.15, 0.2) is 0 Å². The summed E-state index contributed by atoms with van der Waals surface area (Å²) < 4.78 is 1.98. The molecule has 4 heteroatoms. The maximum absolute atomic E-state index is 4.26. The Morgan fingerprint density at radius 1 is 1.35 bits per heavy atom. The van der Waals surface area contributed by atoms with E-state index in [1.54, 1.807) is 0 Å². The van der Waals surface area contributed by atoms with Crippen molar-refractivity contribution >= 4 is 11.3 Å². The molecule has 2 heterocycles. The van der Waals surface area contributed by atoms with E-state index in [4.69, 9.17) is 0 Å². The molecule has 0 amide bonds. The summed E-state index contributed by atoms with van der Waals surface area (Å²) in [6.07, 6.45) is 3.97. The van der Waals surface area contributed by atoms with E-state index in [9.17, 15) is 0 Å². The second-order valence-corrected chi connectivity index (χ2v) is 5.86. The maximum atomic E-state index is 4.26. The van der Waals surface area contributed by atoms with Gasteiger partial charge in [-0.25, -0.2) is 0 Å². The van der Waals surface area contributed by atoms with Crippen LogP contribution in [-0.2, 0) is 13.1 Å². The molecule has 0 aliphatic carbocycles. The van der Waals surface area contributed by atoms with E-state index in [2.05, 4.69) is 43.4 Å². The molecule has 0 saturated heterocycles. The van der Waals surface area contributed by atoms with E-state index >= 15 is 0 Å². The Morgan fingerprint density at radius 2 is 2.18 bits per heavy atom. The molecular formula is C13H19N3S. The van der Waals surface area contributed by atoms with Crippen molar-refractivity contribution in [1.29, 1.82) is 0 Å². The molecule has 0 aliphatic rings. The second kappa shape index (κ2) is 5.47. The summed E-state index contributed by atoms with van der Waals surface area (Å²) in [6.45, 7) is 9.25. The first-order chi connectivity index (χ1) is 8.15. The van der Waals surface area contributed by atoms with Gasteiger partial charge < -0.3 is 5.32 Å². The van der Waals surface area contributed by atoms with Crippen molar-refractivity contribution in [2.75, 3.05) is 6.54 Å². The van der Waals surface area contributed by atoms with Gasteiger partial charge in [-0.15, -0.1) is 11.3 Å². The first-order valence-corrected chi connectivity index (χ1v) is 6.72. The summed E-state index contributed by atoms with van der Waals surface area (Å²) in [7, 11) is 0. The number of thiophene rings is 1. The summed E-state index contributed by atoms with van der Waals surface area (Å²) in [5.41, 5.74) is 2.64. The summed E-state index contributed by atoms with van der Waals surface area (Å²) in [6, 6.07) is 2.27. The summed E-state index contributed by atoms with van der Waals surface area (Å²) in [4.78, 5) is 2.81. The Balaban J connectivity index is 1.75. The highest BCUT2D eigenvalue weighted by molar-refractivity contribution is 7.12. The van der Waals surface area contributed by atoms with Gasteiger partial charge in [0, 0.05) is 29.0 Å². The molecule has 2 aromatic heterocycles. The molecule has 0 bridgehead atoms. The predicted octanol–water partition coefficient (Wildman–Crippen LogP) is 2.66. The van der Waals surface area contributed by atoms with Crippen molar-refractivity contribution in [3.8, 4) is 0 Å². The van der Waals surface area contributed by atoms with Gasteiger partial charge in [0.2, 0.25) is 0 Å². The average molecular weight is 249 g/mol. The normalized spacial score (nSPS) is 11.0. The molecule has 17 heavy (non-hydrogen) atoms. The van der Waals surface area contributed by atoms with Crippen molar-refractivity contribution in [3.63, 3.8) is 0 Å². The highest BCUT2D eigenvalue weighted by atomic mass is 32.1. The zero-order valence-electron chi connectivity index (χ0n) is 10.7. The molecule has 0 fully saturated rings. The number of hydrogen-bond acceptors (Lipinski definition) is 3. The Hall–Kier alpha value is -1.13. The average Bonchev–Trinajstić information content (AvgIpc) is 2.81. The van der Waals surface area contributed by atoms with Gasteiger partial charge in [0.25, 0.3) is 0 Å². The topological polar surface area (TPSA) is 29.9 Å². The Labute approximate surface area is 106 Å². The summed E-state index contributed by atoms with van der Waals surface area (Å²) in [5.74, 6) is 0. The van der Waals surface area contributed by atoms with E-state index in [1.165, 1.54) is 20.9 Å². The number of hydrogen-bond donors (Lipinski definition) is 1. The molecule has 0 radical (unpaired) electrons. The molecule has 1 N–H and O–H groups in total. The fraction of sp³-hybridized carbons (Fsp3) is 0.462. The Kier molecular flexibility index (Phi) is 3.97. The summed E-state index contributed by atoms with van der Waals surface area (Å²) in [5, 5.41) is 7.72. The van der Waals surface area contributed by atoms with Gasteiger partial charge in [-0.1, -0.05) is 0 Å². The largest absolute Gasteiger partial charge is 0.311 e. The smallest absolute Gasteiger partial charge is 0.0534 e. The van der Waals surface area contributed by atoms with E-state index < -0.39 is 0 Å². The third-order valence-electron chi connectivity index (χ3n) is 2.74. The number of nitrogens with zero attached hydrogens (tertiary/aromatic N) is 2. The number of nitrogens with one attached hydrogen (secondary N) is 1. The maximum Gasteiger partial charge on any atom is 0.0534 e. The lowest BCUT2D eigenvalue weighted by Gasteiger charge is -2.04. The minimum absolute atomic E-state index is 0.927. The first kappa shape index (κ1) is 12.3. The van der Waals surface area contributed by atoms with Gasteiger partial charge in [-0.2, -0.15) is 5.10 Å². The van der Waals surface area contributed by atoms with Gasteiger partial charge in [-0.3, -0.25) is 4.68 Å². The molecule has 0 atom stereocenters. The van der Waals surface area contributed by atoms with Crippen molar-refractivity contribution in [2.24, 2.45) is 0 Å². The van der Waals surface area contributed by atoms with Gasteiger partial charge >= 0.3 is 0 Å².